The summed E-state index contributed by atoms with van der Waals surface area (Å²) in [5.41, 5.74) is 0.114. The maximum atomic E-state index is 12.4. The summed E-state index contributed by atoms with van der Waals surface area (Å²) in [5.74, 6) is 0.0561. The van der Waals surface area contributed by atoms with Crippen LogP contribution in [0.25, 0.3) is 6.08 Å². The molecule has 25 heavy (non-hydrogen) atoms. The predicted octanol–water partition coefficient (Wildman–Crippen LogP) is 3.21. The number of hydrogen-bond acceptors (Lipinski definition) is 5. The van der Waals surface area contributed by atoms with Crippen LogP contribution in [0.5, 0.6) is 5.75 Å². The maximum absolute atomic E-state index is 12.4. The van der Waals surface area contributed by atoms with Gasteiger partial charge in [-0.05, 0) is 36.5 Å². The molecule has 2 atom stereocenters. The number of nitriles is 1. The zero-order chi connectivity index (χ0) is 18.4. The molecule has 0 unspecified atom stereocenters. The number of benzene rings is 1. The highest BCUT2D eigenvalue weighted by Crippen LogP contribution is 2.28. The molecule has 7 heteroatoms. The molecule has 2 rings (SSSR count). The van der Waals surface area contributed by atoms with Gasteiger partial charge in [0.25, 0.3) is 5.91 Å². The Morgan fingerprint density at radius 3 is 2.76 bits per heavy atom. The lowest BCUT2D eigenvalue weighted by molar-refractivity contribution is -0.385. The van der Waals surface area contributed by atoms with E-state index in [1.54, 1.807) is 6.07 Å². The number of nitro benzene ring substituents is 1. The van der Waals surface area contributed by atoms with Crippen molar-refractivity contribution in [1.82, 2.24) is 5.32 Å². The maximum Gasteiger partial charge on any atom is 0.311 e. The fourth-order valence-corrected chi connectivity index (χ4v) is 3.03. The first kappa shape index (κ1) is 18.5. The van der Waals surface area contributed by atoms with Gasteiger partial charge in [-0.25, -0.2) is 0 Å². The summed E-state index contributed by atoms with van der Waals surface area (Å²) < 4.78 is 4.95. The van der Waals surface area contributed by atoms with Gasteiger partial charge in [-0.1, -0.05) is 25.8 Å². The van der Waals surface area contributed by atoms with Crippen LogP contribution in [0.1, 0.15) is 38.2 Å². The van der Waals surface area contributed by atoms with Gasteiger partial charge in [0.05, 0.1) is 12.0 Å². The van der Waals surface area contributed by atoms with Crippen LogP contribution in [-0.2, 0) is 4.79 Å². The SMILES string of the molecule is COc1ccc(/C=C(\C#N)C(=O)N[C@@H]2CCCC[C@H]2C)cc1[N+](=O)[O-]. The molecule has 1 fully saturated rings. The molecule has 0 spiro atoms. The molecular weight excluding hydrogens is 322 g/mol. The van der Waals surface area contributed by atoms with Gasteiger partial charge < -0.3 is 10.1 Å². The largest absolute Gasteiger partial charge is 0.490 e. The quantitative estimate of drug-likeness (QED) is 0.382. The van der Waals surface area contributed by atoms with Crippen molar-refractivity contribution in [3.05, 3.63) is 39.4 Å². The number of amides is 1. The van der Waals surface area contributed by atoms with Gasteiger partial charge in [0.15, 0.2) is 5.75 Å². The summed E-state index contributed by atoms with van der Waals surface area (Å²) in [6, 6.07) is 6.24. The number of nitro groups is 1. The molecular formula is C18H21N3O4. The minimum atomic E-state index is -0.563. The third-order valence-corrected chi connectivity index (χ3v) is 4.50. The summed E-state index contributed by atoms with van der Waals surface area (Å²) in [7, 11) is 1.34. The summed E-state index contributed by atoms with van der Waals surface area (Å²) in [6.45, 7) is 2.09. The summed E-state index contributed by atoms with van der Waals surface area (Å²) in [5, 5.41) is 23.3. The highest BCUT2D eigenvalue weighted by atomic mass is 16.6. The predicted molar refractivity (Wildman–Crippen MR) is 92.8 cm³/mol. The number of nitrogens with one attached hydrogen (secondary N) is 1. The van der Waals surface area contributed by atoms with Crippen molar-refractivity contribution in [3.63, 3.8) is 0 Å². The van der Waals surface area contributed by atoms with Crippen molar-refractivity contribution in [3.8, 4) is 11.8 Å². The minimum Gasteiger partial charge on any atom is -0.490 e. The number of carbonyl (C=O) groups excluding carboxylic acids is 1. The Morgan fingerprint density at radius 2 is 2.16 bits per heavy atom. The van der Waals surface area contributed by atoms with Crippen molar-refractivity contribution in [2.24, 2.45) is 5.92 Å². The number of ether oxygens (including phenoxy) is 1. The van der Waals surface area contributed by atoms with Crippen molar-refractivity contribution in [2.45, 2.75) is 38.6 Å². The first-order valence-corrected chi connectivity index (χ1v) is 8.21. The second-order valence-corrected chi connectivity index (χ2v) is 6.20. The van der Waals surface area contributed by atoms with E-state index in [9.17, 15) is 20.2 Å². The lowest BCUT2D eigenvalue weighted by Crippen LogP contribution is -2.41. The molecule has 1 aromatic carbocycles. The number of methoxy groups -OCH3 is 1. The molecule has 1 aliphatic rings. The minimum absolute atomic E-state index is 0.0585. The van der Waals surface area contributed by atoms with Gasteiger partial charge in [-0.3, -0.25) is 14.9 Å². The van der Waals surface area contributed by atoms with E-state index in [1.165, 1.54) is 25.3 Å². The summed E-state index contributed by atoms with van der Waals surface area (Å²) in [4.78, 5) is 22.9. The molecule has 0 aliphatic heterocycles. The van der Waals surface area contributed by atoms with Gasteiger partial charge in [0.2, 0.25) is 0 Å². The number of hydrogen-bond donors (Lipinski definition) is 1. The Kier molecular flexibility index (Phi) is 6.12. The van der Waals surface area contributed by atoms with E-state index < -0.39 is 10.8 Å². The highest BCUT2D eigenvalue weighted by Gasteiger charge is 2.24. The molecule has 0 aromatic heterocycles. The Labute approximate surface area is 146 Å². The molecule has 1 aliphatic carbocycles. The zero-order valence-electron chi connectivity index (χ0n) is 14.3. The summed E-state index contributed by atoms with van der Waals surface area (Å²) >= 11 is 0. The van der Waals surface area contributed by atoms with E-state index in [-0.39, 0.29) is 23.1 Å². The van der Waals surface area contributed by atoms with Crippen LogP contribution in [0.3, 0.4) is 0 Å². The monoisotopic (exact) mass is 343 g/mol. The van der Waals surface area contributed by atoms with E-state index in [0.717, 1.165) is 25.7 Å². The van der Waals surface area contributed by atoms with Gasteiger partial charge in [-0.15, -0.1) is 0 Å². The van der Waals surface area contributed by atoms with Gasteiger partial charge in [0.1, 0.15) is 11.6 Å². The second-order valence-electron chi connectivity index (χ2n) is 6.20. The molecule has 132 valence electrons. The van der Waals surface area contributed by atoms with Crippen LogP contribution in [0.15, 0.2) is 23.8 Å². The lowest BCUT2D eigenvalue weighted by Gasteiger charge is -2.29. The van der Waals surface area contributed by atoms with Crippen LogP contribution in [0.4, 0.5) is 5.69 Å². The first-order valence-electron chi connectivity index (χ1n) is 8.21. The fraction of sp³-hybridized carbons (Fsp3) is 0.444. The third-order valence-electron chi connectivity index (χ3n) is 4.50. The number of nitrogens with zero attached hydrogens (tertiary/aromatic N) is 2. The number of rotatable bonds is 5. The van der Waals surface area contributed by atoms with E-state index in [1.807, 2.05) is 6.07 Å². The highest BCUT2D eigenvalue weighted by molar-refractivity contribution is 6.01. The van der Waals surface area contributed by atoms with Crippen LogP contribution < -0.4 is 10.1 Å². The molecule has 0 bridgehead atoms. The molecule has 7 nitrogen and oxygen atoms in total. The fourth-order valence-electron chi connectivity index (χ4n) is 3.03. The Hall–Kier alpha value is -2.88. The Bertz CT molecular complexity index is 736. The molecule has 1 aromatic rings. The second kappa shape index (κ2) is 8.29. The first-order chi connectivity index (χ1) is 12.0. The lowest BCUT2D eigenvalue weighted by atomic mass is 9.86. The van der Waals surface area contributed by atoms with E-state index >= 15 is 0 Å². The van der Waals surface area contributed by atoms with Crippen molar-refractivity contribution >= 4 is 17.7 Å². The molecule has 0 radical (unpaired) electrons. The Morgan fingerprint density at radius 1 is 1.44 bits per heavy atom. The average molecular weight is 343 g/mol. The topological polar surface area (TPSA) is 105 Å². The van der Waals surface area contributed by atoms with Crippen LogP contribution in [0, 0.1) is 27.4 Å². The van der Waals surface area contributed by atoms with Gasteiger partial charge in [-0.2, -0.15) is 5.26 Å². The van der Waals surface area contributed by atoms with Gasteiger partial charge in [0, 0.05) is 12.1 Å². The van der Waals surface area contributed by atoms with Crippen LogP contribution in [0.2, 0.25) is 0 Å². The van der Waals surface area contributed by atoms with Crippen molar-refractivity contribution in [2.75, 3.05) is 7.11 Å². The normalized spacial score (nSPS) is 20.4. The standard InChI is InChI=1S/C18H21N3O4/c1-12-5-3-4-6-15(12)20-18(22)14(11-19)9-13-7-8-17(25-2)16(10-13)21(23)24/h7-10,12,15H,3-6H2,1-2H3,(H,20,22)/b14-9+/t12-,15-/m1/s1. The summed E-state index contributed by atoms with van der Waals surface area (Å²) in [6.07, 6.45) is 5.53. The Balaban J connectivity index is 2.22. The molecule has 1 amide bonds. The van der Waals surface area contributed by atoms with Crippen molar-refractivity contribution < 1.29 is 14.5 Å². The van der Waals surface area contributed by atoms with Gasteiger partial charge >= 0.3 is 5.69 Å². The molecule has 0 saturated heterocycles. The molecule has 1 N–H and O–H groups in total. The average Bonchev–Trinajstić information content (AvgIpc) is 2.61. The molecule has 0 heterocycles. The van der Waals surface area contributed by atoms with E-state index in [0.29, 0.717) is 11.5 Å². The molecule has 1 saturated carbocycles. The van der Waals surface area contributed by atoms with Crippen LogP contribution >= 0.6 is 0 Å². The van der Waals surface area contributed by atoms with E-state index in [2.05, 4.69) is 12.2 Å². The smallest absolute Gasteiger partial charge is 0.311 e. The van der Waals surface area contributed by atoms with Crippen LogP contribution in [-0.4, -0.2) is 24.0 Å². The third kappa shape index (κ3) is 4.57. The zero-order valence-corrected chi connectivity index (χ0v) is 14.3. The van der Waals surface area contributed by atoms with E-state index in [4.69, 9.17) is 4.74 Å². The van der Waals surface area contributed by atoms with Crippen molar-refractivity contribution in [1.29, 1.82) is 5.26 Å². The number of carbonyl (C=O) groups is 1.